The van der Waals surface area contributed by atoms with Crippen LogP contribution >= 0.6 is 0 Å². The molecule has 1 amide bonds. The van der Waals surface area contributed by atoms with Crippen molar-refractivity contribution in [1.82, 2.24) is 4.90 Å². The first kappa shape index (κ1) is 23.8. The largest absolute Gasteiger partial charge is 0.507 e. The maximum Gasteiger partial charge on any atom is 0.311 e. The fourth-order valence-electron chi connectivity index (χ4n) is 3.71. The van der Waals surface area contributed by atoms with Crippen molar-refractivity contribution in [3.63, 3.8) is 0 Å². The average molecular weight is 454 g/mol. The van der Waals surface area contributed by atoms with E-state index in [0.29, 0.717) is 18.8 Å². The first-order valence-corrected chi connectivity index (χ1v) is 10.6. The molecule has 0 radical (unpaired) electrons. The van der Waals surface area contributed by atoms with Crippen LogP contribution in [0.15, 0.2) is 48.0 Å². The fraction of sp³-hybridized carbons (Fsp3) is 0.333. The van der Waals surface area contributed by atoms with Gasteiger partial charge in [0.1, 0.15) is 11.5 Å². The summed E-state index contributed by atoms with van der Waals surface area (Å²) in [6.07, 6.45) is 0.530. The lowest BCUT2D eigenvalue weighted by Gasteiger charge is -2.24. The van der Waals surface area contributed by atoms with Crippen molar-refractivity contribution < 1.29 is 29.5 Å². The van der Waals surface area contributed by atoms with Gasteiger partial charge in [0.05, 0.1) is 23.1 Å². The van der Waals surface area contributed by atoms with Crippen LogP contribution in [0.5, 0.6) is 11.5 Å². The third kappa shape index (κ3) is 4.82. The lowest BCUT2D eigenvalue weighted by Crippen LogP contribution is -2.30. The molecule has 1 aliphatic heterocycles. The zero-order chi connectivity index (χ0) is 24.3. The highest BCUT2D eigenvalue weighted by Gasteiger charge is 2.46. The Balaban J connectivity index is 2.15. The Labute approximate surface area is 191 Å². The highest BCUT2D eigenvalue weighted by molar-refractivity contribution is 6.46. The van der Waals surface area contributed by atoms with E-state index in [1.165, 1.54) is 11.0 Å². The monoisotopic (exact) mass is 454 g/mol. The summed E-state index contributed by atoms with van der Waals surface area (Å²) in [5.74, 6) is -1.84. The molecule has 0 aliphatic carbocycles. The third-order valence-corrected chi connectivity index (χ3v) is 5.21. The molecule has 0 spiro atoms. The quantitative estimate of drug-likeness (QED) is 0.201. The number of benzene rings is 2. The van der Waals surface area contributed by atoms with Gasteiger partial charge in [-0.15, -0.1) is 0 Å². The van der Waals surface area contributed by atoms with Crippen LogP contribution in [-0.2, 0) is 9.59 Å². The van der Waals surface area contributed by atoms with Crippen LogP contribution in [0, 0.1) is 16.0 Å². The minimum absolute atomic E-state index is 0.172. The molecule has 3 rings (SSSR count). The molecule has 0 saturated carbocycles. The van der Waals surface area contributed by atoms with Gasteiger partial charge in [0.2, 0.25) is 0 Å². The highest BCUT2D eigenvalue weighted by atomic mass is 16.6. The van der Waals surface area contributed by atoms with E-state index < -0.39 is 39.9 Å². The number of aromatic hydroxyl groups is 1. The summed E-state index contributed by atoms with van der Waals surface area (Å²) in [5.41, 5.74) is -0.210. The van der Waals surface area contributed by atoms with Crippen molar-refractivity contribution in [1.29, 1.82) is 0 Å². The second-order valence-electron chi connectivity index (χ2n) is 8.23. The van der Waals surface area contributed by atoms with Crippen LogP contribution in [0.3, 0.4) is 0 Å². The van der Waals surface area contributed by atoms with E-state index in [1.807, 2.05) is 20.8 Å². The van der Waals surface area contributed by atoms with Crippen molar-refractivity contribution >= 4 is 23.1 Å². The Hall–Kier alpha value is -3.88. The predicted molar refractivity (Wildman–Crippen MR) is 121 cm³/mol. The second kappa shape index (κ2) is 9.72. The molecular formula is C24H26N2O7. The van der Waals surface area contributed by atoms with Crippen LogP contribution in [-0.4, -0.2) is 44.9 Å². The zero-order valence-electron chi connectivity index (χ0n) is 18.6. The molecule has 1 atom stereocenters. The Kier molecular flexibility index (Phi) is 7.01. The fourth-order valence-corrected chi connectivity index (χ4v) is 3.71. The van der Waals surface area contributed by atoms with E-state index in [-0.39, 0.29) is 29.2 Å². The molecule has 0 aromatic heterocycles. The van der Waals surface area contributed by atoms with Crippen LogP contribution in [0.4, 0.5) is 5.69 Å². The number of amides is 1. The average Bonchev–Trinajstić information content (AvgIpc) is 3.03. The van der Waals surface area contributed by atoms with E-state index in [0.717, 1.165) is 12.1 Å². The predicted octanol–water partition coefficient (Wildman–Crippen LogP) is 4.17. The lowest BCUT2D eigenvalue weighted by atomic mass is 9.94. The van der Waals surface area contributed by atoms with E-state index in [4.69, 9.17) is 4.74 Å². The summed E-state index contributed by atoms with van der Waals surface area (Å²) in [5, 5.41) is 32.3. The van der Waals surface area contributed by atoms with Crippen molar-refractivity contribution in [2.75, 3.05) is 13.2 Å². The molecule has 1 heterocycles. The number of carbonyl (C=O) groups excluding carboxylic acids is 2. The van der Waals surface area contributed by atoms with Gasteiger partial charge in [0, 0.05) is 18.2 Å². The standard InChI is InChI=1S/C24H26N2O7/c1-4-10-25-21(15-8-9-19(27)18(12-15)26(31)32)20(23(29)24(25)30)22(28)16-6-5-7-17(11-16)33-13-14(2)3/h5-9,11-12,14,21,27-28H,4,10,13H2,1-3H3/b22-20-. The van der Waals surface area contributed by atoms with Gasteiger partial charge in [-0.2, -0.15) is 0 Å². The number of carbonyl (C=O) groups is 2. The third-order valence-electron chi connectivity index (χ3n) is 5.21. The number of nitro benzene ring substituents is 1. The number of likely N-dealkylation sites (tertiary alicyclic amines) is 1. The van der Waals surface area contributed by atoms with Crippen LogP contribution in [0.2, 0.25) is 0 Å². The minimum atomic E-state index is -1.04. The van der Waals surface area contributed by atoms with Gasteiger partial charge in [-0.1, -0.05) is 39.0 Å². The molecule has 1 fully saturated rings. The molecule has 1 saturated heterocycles. The number of phenols is 1. The molecule has 1 unspecified atom stereocenters. The molecule has 0 bridgehead atoms. The Morgan fingerprint density at radius 1 is 1.21 bits per heavy atom. The Bertz CT molecular complexity index is 1120. The van der Waals surface area contributed by atoms with Crippen molar-refractivity contribution in [2.45, 2.75) is 33.2 Å². The van der Waals surface area contributed by atoms with E-state index in [9.17, 15) is 29.9 Å². The van der Waals surface area contributed by atoms with Gasteiger partial charge in [0.15, 0.2) is 5.75 Å². The van der Waals surface area contributed by atoms with Crippen molar-refractivity contribution in [2.24, 2.45) is 5.92 Å². The molecule has 1 aliphatic rings. The lowest BCUT2D eigenvalue weighted by molar-refractivity contribution is -0.385. The topological polar surface area (TPSA) is 130 Å². The summed E-state index contributed by atoms with van der Waals surface area (Å²) < 4.78 is 5.70. The first-order chi connectivity index (χ1) is 15.6. The number of aliphatic hydroxyl groups is 1. The summed E-state index contributed by atoms with van der Waals surface area (Å²) in [6.45, 7) is 6.48. The number of hydrogen-bond acceptors (Lipinski definition) is 7. The van der Waals surface area contributed by atoms with E-state index in [1.54, 1.807) is 24.3 Å². The number of Topliss-reactive ketones (excluding diaryl/α,β-unsaturated/α-hetero) is 1. The summed E-state index contributed by atoms with van der Waals surface area (Å²) in [6, 6.07) is 9.15. The number of hydrogen-bond donors (Lipinski definition) is 2. The second-order valence-corrected chi connectivity index (χ2v) is 8.23. The molecule has 2 N–H and O–H groups in total. The van der Waals surface area contributed by atoms with Crippen molar-refractivity contribution in [3.8, 4) is 11.5 Å². The SMILES string of the molecule is CCCN1C(=O)C(=O)/C(=C(\O)c2cccc(OCC(C)C)c2)C1c1ccc(O)c([N+](=O)[O-])c1. The molecule has 174 valence electrons. The molecule has 2 aromatic rings. The summed E-state index contributed by atoms with van der Waals surface area (Å²) >= 11 is 0. The number of nitrogens with zero attached hydrogens (tertiary/aromatic N) is 2. The molecule has 33 heavy (non-hydrogen) atoms. The van der Waals surface area contributed by atoms with Gasteiger partial charge < -0.3 is 19.8 Å². The number of ketones is 1. The maximum absolute atomic E-state index is 13.0. The number of phenolic OH excluding ortho intramolecular Hbond substituents is 1. The number of aliphatic hydroxyl groups excluding tert-OH is 1. The summed E-state index contributed by atoms with van der Waals surface area (Å²) in [7, 11) is 0. The van der Waals surface area contributed by atoms with Gasteiger partial charge in [-0.25, -0.2) is 0 Å². The zero-order valence-corrected chi connectivity index (χ0v) is 18.6. The molecule has 9 heteroatoms. The van der Waals surface area contributed by atoms with Crippen LogP contribution < -0.4 is 4.74 Å². The highest BCUT2D eigenvalue weighted by Crippen LogP contribution is 2.42. The van der Waals surface area contributed by atoms with Crippen LogP contribution in [0.25, 0.3) is 5.76 Å². The van der Waals surface area contributed by atoms with Gasteiger partial charge in [-0.05, 0) is 36.1 Å². The normalized spacial score (nSPS) is 17.6. The molecule has 9 nitrogen and oxygen atoms in total. The smallest absolute Gasteiger partial charge is 0.311 e. The van der Waals surface area contributed by atoms with Gasteiger partial charge >= 0.3 is 5.69 Å². The molecule has 2 aromatic carbocycles. The number of rotatable bonds is 8. The van der Waals surface area contributed by atoms with E-state index >= 15 is 0 Å². The maximum atomic E-state index is 13.0. The van der Waals surface area contributed by atoms with Gasteiger partial charge in [-0.3, -0.25) is 19.7 Å². The Morgan fingerprint density at radius 3 is 2.58 bits per heavy atom. The summed E-state index contributed by atoms with van der Waals surface area (Å²) in [4.78, 5) is 37.6. The van der Waals surface area contributed by atoms with Gasteiger partial charge in [0.25, 0.3) is 11.7 Å². The Morgan fingerprint density at radius 2 is 1.94 bits per heavy atom. The number of nitro groups is 1. The first-order valence-electron chi connectivity index (χ1n) is 10.6. The van der Waals surface area contributed by atoms with Crippen molar-refractivity contribution in [3.05, 3.63) is 69.3 Å². The number of ether oxygens (including phenoxy) is 1. The minimum Gasteiger partial charge on any atom is -0.507 e. The van der Waals surface area contributed by atoms with Crippen LogP contribution in [0.1, 0.15) is 44.4 Å². The van der Waals surface area contributed by atoms with E-state index in [2.05, 4.69) is 0 Å². The molecular weight excluding hydrogens is 428 g/mol.